The summed E-state index contributed by atoms with van der Waals surface area (Å²) in [6.45, 7) is 16.2. The molecule has 1 saturated heterocycles. The molecule has 4 saturated carbocycles. The van der Waals surface area contributed by atoms with Crippen molar-refractivity contribution in [1.29, 1.82) is 0 Å². The van der Waals surface area contributed by atoms with Crippen LogP contribution in [0.5, 0.6) is 11.5 Å². The molecular formula is C51H73Cl2NO7. The normalized spacial score (nSPS) is 30.1. The molecule has 2 aromatic carbocycles. The molecule has 0 spiro atoms. The minimum Gasteiger partial charge on any atom is -0.505 e. The number of carboxylic acids is 2. The molecule has 9 unspecified atom stereocenters. The van der Waals surface area contributed by atoms with E-state index in [1.807, 2.05) is 6.08 Å². The molecule has 61 heavy (non-hydrogen) atoms. The lowest BCUT2D eigenvalue weighted by atomic mass is 9.44. The van der Waals surface area contributed by atoms with Crippen molar-refractivity contribution < 1.29 is 35.1 Å². The van der Waals surface area contributed by atoms with Gasteiger partial charge in [0, 0.05) is 6.54 Å². The Bertz CT molecular complexity index is 1820. The van der Waals surface area contributed by atoms with Crippen LogP contribution in [0, 0.1) is 58.2 Å². The van der Waals surface area contributed by atoms with Gasteiger partial charge in [0.25, 0.3) is 0 Å². The third-order valence-electron chi connectivity index (χ3n) is 16.7. The molecule has 0 aromatic heterocycles. The van der Waals surface area contributed by atoms with Gasteiger partial charge in [-0.1, -0.05) is 83.2 Å². The van der Waals surface area contributed by atoms with Gasteiger partial charge < -0.3 is 30.4 Å². The van der Waals surface area contributed by atoms with E-state index < -0.39 is 23.4 Å². The van der Waals surface area contributed by atoms with E-state index in [0.717, 1.165) is 54.4 Å². The van der Waals surface area contributed by atoms with Crippen LogP contribution in [0.3, 0.4) is 0 Å². The second kappa shape index (κ2) is 20.4. The van der Waals surface area contributed by atoms with Crippen molar-refractivity contribution in [2.24, 2.45) is 58.2 Å². The zero-order chi connectivity index (χ0) is 44.2. The van der Waals surface area contributed by atoms with Crippen molar-refractivity contribution in [2.45, 2.75) is 137 Å². The molecule has 2 aromatic rings. The monoisotopic (exact) mass is 881 g/mol. The number of rotatable bonds is 14. The van der Waals surface area contributed by atoms with E-state index in [-0.39, 0.29) is 21.2 Å². The van der Waals surface area contributed by atoms with Crippen LogP contribution in [0.25, 0.3) is 5.57 Å². The van der Waals surface area contributed by atoms with E-state index >= 15 is 0 Å². The van der Waals surface area contributed by atoms with E-state index in [1.165, 1.54) is 127 Å². The zero-order valence-electron chi connectivity index (χ0n) is 37.4. The Kier molecular flexibility index (Phi) is 15.9. The van der Waals surface area contributed by atoms with Crippen LogP contribution in [0.1, 0.15) is 169 Å². The first-order valence-corrected chi connectivity index (χ1v) is 24.3. The number of hydrogen-bond acceptors (Lipinski definition) is 6. The second-order valence-electron chi connectivity index (χ2n) is 20.6. The number of halogens is 2. The summed E-state index contributed by atoms with van der Waals surface area (Å²) in [7, 11) is 0. The van der Waals surface area contributed by atoms with Gasteiger partial charge in [-0.25, -0.2) is 9.59 Å². The summed E-state index contributed by atoms with van der Waals surface area (Å²) < 4.78 is 0. The highest BCUT2D eigenvalue weighted by atomic mass is 35.5. The molecule has 0 radical (unpaired) electrons. The summed E-state index contributed by atoms with van der Waals surface area (Å²) in [5.41, 5.74) is 1.58. The molecule has 9 atom stereocenters. The largest absolute Gasteiger partial charge is 0.505 e. The Morgan fingerprint density at radius 3 is 1.97 bits per heavy atom. The number of aromatic carboxylic acids is 2. The predicted molar refractivity (Wildman–Crippen MR) is 246 cm³/mol. The SMILES string of the molecule is CC(C)CCCC(C)C1CCC2C3CCC4CC(CCC=C(c5cc(Cl)c(O)c(C(=O)O)c5)c5cc(Cl)c(O)c(C(=O)O)c5)CCC4(C)C3CCC12C.OCCN1CCCC1. The number of phenols is 2. The number of aliphatic hydroxyl groups is 1. The number of benzene rings is 2. The summed E-state index contributed by atoms with van der Waals surface area (Å²) in [6, 6.07) is 5.65. The van der Waals surface area contributed by atoms with Crippen molar-refractivity contribution in [1.82, 2.24) is 4.90 Å². The van der Waals surface area contributed by atoms with Gasteiger partial charge in [0.2, 0.25) is 0 Å². The predicted octanol–water partition coefficient (Wildman–Crippen LogP) is 12.8. The van der Waals surface area contributed by atoms with Gasteiger partial charge in [0.05, 0.1) is 16.7 Å². The molecule has 5 N–H and O–H groups in total. The third-order valence-corrected chi connectivity index (χ3v) is 17.3. The molecule has 4 aliphatic carbocycles. The minimum atomic E-state index is -1.33. The van der Waals surface area contributed by atoms with E-state index in [2.05, 4.69) is 39.5 Å². The Balaban J connectivity index is 0.000000698. The van der Waals surface area contributed by atoms with E-state index in [0.29, 0.717) is 46.5 Å². The number of nitrogens with zero attached hydrogens (tertiary/aromatic N) is 1. The molecule has 1 heterocycles. The number of fused-ring (bicyclic) bond motifs is 5. The first-order valence-electron chi connectivity index (χ1n) is 23.5. The quantitative estimate of drug-likeness (QED) is 0.126. The lowest BCUT2D eigenvalue weighted by Gasteiger charge is -2.61. The fourth-order valence-electron chi connectivity index (χ4n) is 13.5. The maximum absolute atomic E-state index is 12.0. The van der Waals surface area contributed by atoms with Gasteiger partial charge in [0.1, 0.15) is 22.6 Å². The summed E-state index contributed by atoms with van der Waals surface area (Å²) in [6.07, 6.45) is 22.4. The van der Waals surface area contributed by atoms with E-state index in [4.69, 9.17) is 28.3 Å². The van der Waals surface area contributed by atoms with Gasteiger partial charge >= 0.3 is 11.9 Å². The first-order chi connectivity index (χ1) is 29.0. The van der Waals surface area contributed by atoms with Gasteiger partial charge in [-0.3, -0.25) is 0 Å². The Hall–Kier alpha value is -2.78. The molecule has 5 fully saturated rings. The number of likely N-dealkylation sites (tertiary alicyclic amines) is 1. The van der Waals surface area contributed by atoms with Crippen LogP contribution in [0.4, 0.5) is 0 Å². The summed E-state index contributed by atoms with van der Waals surface area (Å²) in [5.74, 6) is 2.64. The van der Waals surface area contributed by atoms with Crippen molar-refractivity contribution in [3.63, 3.8) is 0 Å². The topological polar surface area (TPSA) is 139 Å². The highest BCUT2D eigenvalue weighted by molar-refractivity contribution is 6.33. The highest BCUT2D eigenvalue weighted by Gasteiger charge is 2.60. The lowest BCUT2D eigenvalue weighted by molar-refractivity contribution is -0.121. The fraction of sp³-hybridized carbons (Fsp3) is 0.686. The molecule has 338 valence electrons. The van der Waals surface area contributed by atoms with Crippen LogP contribution in [0.2, 0.25) is 10.0 Å². The molecule has 0 amide bonds. The summed E-state index contributed by atoms with van der Waals surface area (Å²) >= 11 is 12.6. The maximum atomic E-state index is 12.0. The van der Waals surface area contributed by atoms with E-state index in [9.17, 15) is 30.0 Å². The fourth-order valence-corrected chi connectivity index (χ4v) is 13.9. The number of carbonyl (C=O) groups is 2. The van der Waals surface area contributed by atoms with Crippen LogP contribution >= 0.6 is 23.2 Å². The number of β-amino-alcohol motifs (C(OH)–C–C–N with tert-alkyl or cyclic N) is 1. The summed E-state index contributed by atoms with van der Waals surface area (Å²) in [5, 5.41) is 48.5. The Labute approximate surface area is 375 Å². The highest BCUT2D eigenvalue weighted by Crippen LogP contribution is 2.69. The van der Waals surface area contributed by atoms with Crippen LogP contribution in [-0.4, -0.2) is 68.6 Å². The number of aliphatic hydroxyl groups excluding tert-OH is 1. The standard InChI is InChI=1S/C45H60Cl2O6.C6H13NO/c1-25(2)8-6-9-26(3)35-14-15-36-32-13-12-30-20-27(16-18-44(30,4)37(32)17-19-45(35,36)5)10-7-11-31(28-21-33(42(50)51)40(48)38(46)23-28)29-22-34(43(52)53)41(49)39(47)24-29;8-6-5-7-3-1-2-4-7/h11,21-27,30,32,35-37,48-49H,6-10,12-20H2,1-5H3,(H,50,51)(H,52,53);8H,1-6H2. The third kappa shape index (κ3) is 10.4. The van der Waals surface area contributed by atoms with Crippen molar-refractivity contribution >= 4 is 40.7 Å². The number of allylic oxidation sites excluding steroid dienone is 1. The molecule has 1 aliphatic heterocycles. The number of carboxylic acid groups (broad SMARTS) is 2. The zero-order valence-corrected chi connectivity index (χ0v) is 38.9. The van der Waals surface area contributed by atoms with Crippen molar-refractivity contribution in [3.8, 4) is 11.5 Å². The molecule has 10 heteroatoms. The van der Waals surface area contributed by atoms with E-state index in [1.54, 1.807) is 0 Å². The Morgan fingerprint density at radius 1 is 0.803 bits per heavy atom. The molecule has 7 rings (SSSR count). The first kappa shape index (κ1) is 47.7. The van der Waals surface area contributed by atoms with Gasteiger partial charge in [-0.2, -0.15) is 0 Å². The van der Waals surface area contributed by atoms with Crippen LogP contribution < -0.4 is 0 Å². The summed E-state index contributed by atoms with van der Waals surface area (Å²) in [4.78, 5) is 26.2. The maximum Gasteiger partial charge on any atom is 0.339 e. The number of aromatic hydroxyl groups is 2. The minimum absolute atomic E-state index is 0.122. The average Bonchev–Trinajstić information content (AvgIpc) is 3.86. The lowest BCUT2D eigenvalue weighted by Crippen LogP contribution is -2.53. The van der Waals surface area contributed by atoms with Crippen molar-refractivity contribution in [3.05, 3.63) is 62.6 Å². The Morgan fingerprint density at radius 2 is 1.39 bits per heavy atom. The molecule has 8 nitrogen and oxygen atoms in total. The molecule has 5 aliphatic rings. The molecule has 0 bridgehead atoms. The van der Waals surface area contributed by atoms with Crippen LogP contribution in [-0.2, 0) is 0 Å². The number of hydrogen-bond donors (Lipinski definition) is 5. The second-order valence-corrected chi connectivity index (χ2v) is 21.4. The van der Waals surface area contributed by atoms with Gasteiger partial charge in [-0.15, -0.1) is 0 Å². The average molecular weight is 883 g/mol. The smallest absolute Gasteiger partial charge is 0.339 e. The molecular weight excluding hydrogens is 809 g/mol. The van der Waals surface area contributed by atoms with Gasteiger partial charge in [-0.05, 0) is 196 Å². The van der Waals surface area contributed by atoms with Crippen LogP contribution in [0.15, 0.2) is 30.3 Å². The van der Waals surface area contributed by atoms with Gasteiger partial charge in [0.15, 0.2) is 0 Å². The van der Waals surface area contributed by atoms with Crippen molar-refractivity contribution in [2.75, 3.05) is 26.2 Å².